The molecular weight excluding hydrogens is 335 g/mol. The summed E-state index contributed by atoms with van der Waals surface area (Å²) in [5.41, 5.74) is 2.32. The average Bonchev–Trinajstić information content (AvgIpc) is 2.53. The van der Waals surface area contributed by atoms with E-state index in [0.717, 1.165) is 11.1 Å². The number of rotatable bonds is 2. The van der Waals surface area contributed by atoms with Gasteiger partial charge in [-0.25, -0.2) is 4.79 Å². The Balaban J connectivity index is 2.11. The number of benzene rings is 2. The van der Waals surface area contributed by atoms with Crippen molar-refractivity contribution in [3.05, 3.63) is 81.5 Å². The number of H-pyrrole nitrogens is 2. The average molecular weight is 347 g/mol. The molecule has 0 spiro atoms. The fourth-order valence-electron chi connectivity index (χ4n) is 2.03. The fourth-order valence-corrected chi connectivity index (χ4v) is 2.28. The van der Waals surface area contributed by atoms with Crippen LogP contribution in [0.5, 0.6) is 0 Å². The zero-order valence-electron chi connectivity index (χ0n) is 11.8. The van der Waals surface area contributed by atoms with Crippen LogP contribution in [-0.4, -0.2) is 9.97 Å². The minimum atomic E-state index is -0.570. The highest BCUT2D eigenvalue weighted by atomic mass is 35.5. The number of hydrogen-bond acceptors (Lipinski definition) is 2. The quantitative estimate of drug-likeness (QED) is 0.681. The first kappa shape index (κ1) is 15.5. The highest BCUT2D eigenvalue weighted by Gasteiger charge is 2.02. The van der Waals surface area contributed by atoms with Gasteiger partial charge in [0, 0.05) is 28.0 Å². The summed E-state index contributed by atoms with van der Waals surface area (Å²) in [5, 5.41) is 1.25. The minimum Gasteiger partial charge on any atom is -0.408 e. The Labute approximate surface area is 142 Å². The second-order valence-corrected chi connectivity index (χ2v) is 5.63. The molecule has 0 saturated carbocycles. The van der Waals surface area contributed by atoms with Gasteiger partial charge in [0.15, 0.2) is 5.76 Å². The topological polar surface area (TPSA) is 61.8 Å². The SMILES string of the molecule is O=c1[nH]cc(-c2ccc(Cl)cc2)[nH]cc(-c2ccc(Cl)cc2)o1. The Bertz CT molecular complexity index is 905. The van der Waals surface area contributed by atoms with Crippen molar-refractivity contribution in [2.45, 2.75) is 0 Å². The van der Waals surface area contributed by atoms with Crippen LogP contribution in [0.4, 0.5) is 0 Å². The summed E-state index contributed by atoms with van der Waals surface area (Å²) in [6, 6.07) is 14.3. The zero-order valence-corrected chi connectivity index (χ0v) is 13.4. The molecule has 2 aromatic carbocycles. The van der Waals surface area contributed by atoms with Crippen molar-refractivity contribution in [1.29, 1.82) is 0 Å². The van der Waals surface area contributed by atoms with E-state index < -0.39 is 5.76 Å². The van der Waals surface area contributed by atoms with Crippen LogP contribution in [-0.2, 0) is 0 Å². The van der Waals surface area contributed by atoms with Gasteiger partial charge in [-0.15, -0.1) is 0 Å². The van der Waals surface area contributed by atoms with Crippen molar-refractivity contribution < 1.29 is 4.42 Å². The third kappa shape index (κ3) is 3.86. The Morgan fingerprint density at radius 2 is 1.30 bits per heavy atom. The van der Waals surface area contributed by atoms with Crippen LogP contribution in [0.15, 0.2) is 70.1 Å². The molecule has 0 radical (unpaired) electrons. The molecule has 0 aliphatic carbocycles. The highest BCUT2D eigenvalue weighted by Crippen LogP contribution is 2.21. The molecule has 2 N–H and O–H groups in total. The smallest absolute Gasteiger partial charge is 0.408 e. The molecule has 0 atom stereocenters. The maximum Gasteiger partial charge on any atom is 0.416 e. The number of halogens is 2. The van der Waals surface area contributed by atoms with E-state index in [1.807, 2.05) is 12.1 Å². The van der Waals surface area contributed by atoms with Crippen molar-refractivity contribution in [3.8, 4) is 22.6 Å². The summed E-state index contributed by atoms with van der Waals surface area (Å²) in [4.78, 5) is 17.5. The first-order valence-corrected chi connectivity index (χ1v) is 7.54. The largest absolute Gasteiger partial charge is 0.416 e. The van der Waals surface area contributed by atoms with E-state index in [1.165, 1.54) is 0 Å². The van der Waals surface area contributed by atoms with Crippen molar-refractivity contribution in [3.63, 3.8) is 0 Å². The highest BCUT2D eigenvalue weighted by molar-refractivity contribution is 6.30. The van der Waals surface area contributed by atoms with Gasteiger partial charge < -0.3 is 9.40 Å². The van der Waals surface area contributed by atoms with Gasteiger partial charge in [0.2, 0.25) is 0 Å². The maximum absolute atomic E-state index is 11.8. The summed E-state index contributed by atoms with van der Waals surface area (Å²) >= 11 is 11.8. The van der Waals surface area contributed by atoms with Crippen molar-refractivity contribution >= 4 is 23.2 Å². The first-order chi connectivity index (χ1) is 11.1. The summed E-state index contributed by atoms with van der Waals surface area (Å²) in [5.74, 6) is -0.183. The summed E-state index contributed by atoms with van der Waals surface area (Å²) in [7, 11) is 0. The van der Waals surface area contributed by atoms with Crippen molar-refractivity contribution in [2.75, 3.05) is 0 Å². The van der Waals surface area contributed by atoms with Crippen LogP contribution in [0.25, 0.3) is 22.6 Å². The molecule has 0 saturated heterocycles. The van der Waals surface area contributed by atoms with Crippen molar-refractivity contribution in [1.82, 2.24) is 9.97 Å². The Kier molecular flexibility index (Phi) is 4.55. The summed E-state index contributed by atoms with van der Waals surface area (Å²) < 4.78 is 5.26. The second kappa shape index (κ2) is 6.77. The lowest BCUT2D eigenvalue weighted by Gasteiger charge is -2.02. The van der Waals surface area contributed by atoms with Crippen LogP contribution in [0.2, 0.25) is 10.0 Å². The monoisotopic (exact) mass is 346 g/mol. The van der Waals surface area contributed by atoms with E-state index in [4.69, 9.17) is 27.6 Å². The fraction of sp³-hybridized carbons (Fsp3) is 0. The molecule has 0 aliphatic rings. The van der Waals surface area contributed by atoms with Gasteiger partial charge in [0.25, 0.3) is 0 Å². The normalized spacial score (nSPS) is 10.3. The van der Waals surface area contributed by atoms with Gasteiger partial charge in [-0.05, 0) is 42.0 Å². The predicted molar refractivity (Wildman–Crippen MR) is 92.2 cm³/mol. The van der Waals surface area contributed by atoms with Crippen LogP contribution in [0.3, 0.4) is 0 Å². The maximum atomic E-state index is 11.8. The predicted octanol–water partition coefficient (Wildman–Crippen LogP) is 5.06. The molecule has 4 nitrogen and oxygen atoms in total. The molecule has 116 valence electrons. The van der Waals surface area contributed by atoms with Crippen LogP contribution in [0, 0.1) is 0 Å². The summed E-state index contributed by atoms with van der Waals surface area (Å²) in [6.45, 7) is 0. The van der Waals surface area contributed by atoms with Crippen LogP contribution in [0.1, 0.15) is 0 Å². The van der Waals surface area contributed by atoms with Gasteiger partial charge in [-0.2, -0.15) is 0 Å². The van der Waals surface area contributed by atoms with Gasteiger partial charge in [0.1, 0.15) is 0 Å². The number of nitrogens with one attached hydrogen (secondary N) is 2. The van der Waals surface area contributed by atoms with Gasteiger partial charge in [0.05, 0.1) is 5.69 Å². The minimum absolute atomic E-state index is 0.388. The molecule has 0 fully saturated rings. The summed E-state index contributed by atoms with van der Waals surface area (Å²) in [6.07, 6.45) is 3.17. The van der Waals surface area contributed by atoms with Crippen LogP contribution >= 0.6 is 23.2 Å². The first-order valence-electron chi connectivity index (χ1n) is 6.79. The van der Waals surface area contributed by atoms with E-state index in [2.05, 4.69) is 9.97 Å². The van der Waals surface area contributed by atoms with E-state index in [9.17, 15) is 4.79 Å². The van der Waals surface area contributed by atoms with Gasteiger partial charge in [-0.3, -0.25) is 4.98 Å². The molecule has 3 rings (SSSR count). The molecule has 6 heteroatoms. The van der Waals surface area contributed by atoms with Gasteiger partial charge in [-0.1, -0.05) is 35.3 Å². The number of aromatic amines is 2. The molecule has 1 aromatic heterocycles. The lowest BCUT2D eigenvalue weighted by atomic mass is 10.1. The molecule has 3 aromatic rings. The standard InChI is InChI=1S/C17H12Cl2N2O2/c18-13-5-1-11(2-6-13)15-9-21-17(22)23-16(10-20-15)12-3-7-14(19)8-4-12/h1-10,20H,(H,21,22). The molecule has 0 unspecified atom stereocenters. The zero-order chi connectivity index (χ0) is 16.2. The van der Waals surface area contributed by atoms with Gasteiger partial charge >= 0.3 is 5.76 Å². The Morgan fingerprint density at radius 3 is 1.91 bits per heavy atom. The van der Waals surface area contributed by atoms with Crippen molar-refractivity contribution in [2.24, 2.45) is 0 Å². The molecule has 0 amide bonds. The van der Waals surface area contributed by atoms with E-state index in [1.54, 1.807) is 48.8 Å². The molecular formula is C17H12Cl2N2O2. The van der Waals surface area contributed by atoms with E-state index in [0.29, 0.717) is 21.5 Å². The number of hydrogen-bond donors (Lipinski definition) is 2. The van der Waals surface area contributed by atoms with E-state index in [-0.39, 0.29) is 0 Å². The molecule has 1 heterocycles. The lowest BCUT2D eigenvalue weighted by Crippen LogP contribution is -2.01. The Hall–Kier alpha value is -2.43. The molecule has 0 aliphatic heterocycles. The van der Waals surface area contributed by atoms with Crippen LogP contribution < -0.4 is 5.76 Å². The molecule has 0 bridgehead atoms. The molecule has 23 heavy (non-hydrogen) atoms. The lowest BCUT2D eigenvalue weighted by molar-refractivity contribution is 0.502. The number of aromatic nitrogens is 2. The Morgan fingerprint density at radius 1 is 0.739 bits per heavy atom. The third-order valence-corrected chi connectivity index (χ3v) is 3.68. The second-order valence-electron chi connectivity index (χ2n) is 4.76. The third-order valence-electron chi connectivity index (χ3n) is 3.18. The van der Waals surface area contributed by atoms with E-state index >= 15 is 0 Å².